The zero-order valence-electron chi connectivity index (χ0n) is 9.21. The first-order valence-electron chi connectivity index (χ1n) is 5.01. The number of carbonyl (C=O) groups is 1. The van der Waals surface area contributed by atoms with E-state index in [1.807, 2.05) is 18.2 Å². The number of carboxylic acids is 1. The predicted octanol–water partition coefficient (Wildman–Crippen LogP) is 1.98. The van der Waals surface area contributed by atoms with Crippen molar-refractivity contribution in [1.29, 1.82) is 0 Å². The van der Waals surface area contributed by atoms with Crippen LogP contribution < -0.4 is 4.74 Å². The molecule has 17 heavy (non-hydrogen) atoms. The summed E-state index contributed by atoms with van der Waals surface area (Å²) in [4.78, 5) is 10.7. The summed E-state index contributed by atoms with van der Waals surface area (Å²) in [6.07, 6.45) is 1.30. The first-order valence-corrected chi connectivity index (χ1v) is 5.01. The highest BCUT2D eigenvalue weighted by Gasteiger charge is 2.16. The number of nitrogens with zero attached hydrogens (tertiary/aromatic N) is 1. The highest BCUT2D eigenvalue weighted by atomic mass is 16.5. The molecule has 88 valence electrons. The van der Waals surface area contributed by atoms with E-state index in [2.05, 4.69) is 5.16 Å². The fraction of sp³-hybridized carbons (Fsp3) is 0.167. The van der Waals surface area contributed by atoms with Crippen molar-refractivity contribution in [3.8, 4) is 16.9 Å². The van der Waals surface area contributed by atoms with Gasteiger partial charge in [0.05, 0.1) is 13.3 Å². The molecule has 2 rings (SSSR count). The van der Waals surface area contributed by atoms with Crippen LogP contribution in [0.1, 0.15) is 5.76 Å². The first-order chi connectivity index (χ1) is 8.22. The number of para-hydroxylation sites is 1. The van der Waals surface area contributed by atoms with Crippen LogP contribution in [0.4, 0.5) is 0 Å². The van der Waals surface area contributed by atoms with Crippen molar-refractivity contribution in [2.24, 2.45) is 0 Å². The molecule has 0 saturated carbocycles. The topological polar surface area (TPSA) is 72.6 Å². The summed E-state index contributed by atoms with van der Waals surface area (Å²) in [5.41, 5.74) is 1.41. The molecule has 0 bridgehead atoms. The smallest absolute Gasteiger partial charge is 0.311 e. The lowest BCUT2D eigenvalue weighted by atomic mass is 10.0. The van der Waals surface area contributed by atoms with Crippen molar-refractivity contribution in [1.82, 2.24) is 5.16 Å². The normalized spacial score (nSPS) is 10.2. The Balaban J connectivity index is 2.46. The summed E-state index contributed by atoms with van der Waals surface area (Å²) >= 11 is 0. The van der Waals surface area contributed by atoms with Gasteiger partial charge in [0.1, 0.15) is 12.2 Å². The van der Waals surface area contributed by atoms with E-state index in [0.29, 0.717) is 17.1 Å². The third-order valence-corrected chi connectivity index (χ3v) is 2.35. The SMILES string of the molecule is COc1ccccc1-c1cnoc1CC(=O)O. The van der Waals surface area contributed by atoms with E-state index < -0.39 is 5.97 Å². The molecule has 0 spiro atoms. The van der Waals surface area contributed by atoms with Gasteiger partial charge in [-0.1, -0.05) is 23.4 Å². The molecular formula is C12H11NO4. The molecule has 0 atom stereocenters. The van der Waals surface area contributed by atoms with Crippen molar-refractivity contribution in [3.63, 3.8) is 0 Å². The van der Waals surface area contributed by atoms with Gasteiger partial charge in [-0.15, -0.1) is 0 Å². The molecule has 5 nitrogen and oxygen atoms in total. The Morgan fingerprint density at radius 2 is 2.18 bits per heavy atom. The summed E-state index contributed by atoms with van der Waals surface area (Å²) in [6.45, 7) is 0. The number of aromatic nitrogens is 1. The fourth-order valence-corrected chi connectivity index (χ4v) is 1.62. The van der Waals surface area contributed by atoms with E-state index in [1.54, 1.807) is 13.2 Å². The Hall–Kier alpha value is -2.30. The van der Waals surface area contributed by atoms with Gasteiger partial charge in [0.2, 0.25) is 0 Å². The van der Waals surface area contributed by atoms with Crippen LogP contribution in [0.15, 0.2) is 35.0 Å². The first kappa shape index (κ1) is 11.2. The van der Waals surface area contributed by atoms with Gasteiger partial charge in [-0.3, -0.25) is 4.79 Å². The molecule has 2 aromatic rings. The number of hydrogen-bond donors (Lipinski definition) is 1. The van der Waals surface area contributed by atoms with Crippen LogP contribution >= 0.6 is 0 Å². The van der Waals surface area contributed by atoms with Gasteiger partial charge in [-0.05, 0) is 6.07 Å². The number of benzene rings is 1. The van der Waals surface area contributed by atoms with Crippen LogP contribution in [0.2, 0.25) is 0 Å². The van der Waals surface area contributed by atoms with Gasteiger partial charge in [-0.25, -0.2) is 0 Å². The van der Waals surface area contributed by atoms with Gasteiger partial charge in [-0.2, -0.15) is 0 Å². The van der Waals surface area contributed by atoms with Gasteiger partial charge >= 0.3 is 5.97 Å². The van der Waals surface area contributed by atoms with Crippen molar-refractivity contribution < 1.29 is 19.2 Å². The zero-order chi connectivity index (χ0) is 12.3. The van der Waals surface area contributed by atoms with Crippen LogP contribution in [0.5, 0.6) is 5.75 Å². The molecular weight excluding hydrogens is 222 g/mol. The Bertz CT molecular complexity index is 533. The molecule has 1 N–H and O–H groups in total. The minimum Gasteiger partial charge on any atom is -0.496 e. The highest BCUT2D eigenvalue weighted by Crippen LogP contribution is 2.32. The average Bonchev–Trinajstić information content (AvgIpc) is 2.76. The third-order valence-electron chi connectivity index (χ3n) is 2.35. The van der Waals surface area contributed by atoms with Crippen LogP contribution in [-0.4, -0.2) is 23.3 Å². The van der Waals surface area contributed by atoms with Crippen molar-refractivity contribution in [3.05, 3.63) is 36.2 Å². The standard InChI is InChI=1S/C12H11NO4/c1-16-10-5-3-2-4-8(10)9-7-13-17-11(9)6-12(14)15/h2-5,7H,6H2,1H3,(H,14,15). The quantitative estimate of drug-likeness (QED) is 0.874. The minimum atomic E-state index is -0.960. The molecule has 0 aliphatic carbocycles. The van der Waals surface area contributed by atoms with Crippen LogP contribution in [0.25, 0.3) is 11.1 Å². The molecule has 1 heterocycles. The van der Waals surface area contributed by atoms with E-state index in [9.17, 15) is 4.79 Å². The molecule has 0 saturated heterocycles. The maximum atomic E-state index is 10.7. The number of ether oxygens (including phenoxy) is 1. The second-order valence-electron chi connectivity index (χ2n) is 3.43. The summed E-state index contributed by atoms with van der Waals surface area (Å²) in [6, 6.07) is 7.31. The maximum Gasteiger partial charge on any atom is 0.311 e. The Kier molecular flexibility index (Phi) is 3.09. The van der Waals surface area contributed by atoms with Crippen molar-refractivity contribution in [2.45, 2.75) is 6.42 Å². The summed E-state index contributed by atoms with van der Waals surface area (Å²) < 4.78 is 10.2. The fourth-order valence-electron chi connectivity index (χ4n) is 1.62. The van der Waals surface area contributed by atoms with E-state index in [0.717, 1.165) is 5.56 Å². The summed E-state index contributed by atoms with van der Waals surface area (Å²) in [5, 5.41) is 12.4. The molecule has 0 aliphatic heterocycles. The Labute approximate surface area is 97.6 Å². The predicted molar refractivity (Wildman–Crippen MR) is 59.8 cm³/mol. The number of aliphatic carboxylic acids is 1. The molecule has 0 radical (unpaired) electrons. The Morgan fingerprint density at radius 3 is 2.88 bits per heavy atom. The van der Waals surface area contributed by atoms with Gasteiger partial charge in [0.25, 0.3) is 0 Å². The van der Waals surface area contributed by atoms with Crippen LogP contribution in [0.3, 0.4) is 0 Å². The van der Waals surface area contributed by atoms with E-state index in [1.165, 1.54) is 6.20 Å². The third kappa shape index (κ3) is 2.28. The molecule has 0 fully saturated rings. The number of hydrogen-bond acceptors (Lipinski definition) is 4. The molecule has 0 aliphatic rings. The molecule has 1 aromatic carbocycles. The summed E-state index contributed by atoms with van der Waals surface area (Å²) in [7, 11) is 1.56. The van der Waals surface area contributed by atoms with Crippen molar-refractivity contribution in [2.75, 3.05) is 7.11 Å². The lowest BCUT2D eigenvalue weighted by molar-refractivity contribution is -0.136. The molecule has 0 unspecified atom stereocenters. The lowest BCUT2D eigenvalue weighted by Gasteiger charge is -2.06. The van der Waals surface area contributed by atoms with Crippen LogP contribution in [0, 0.1) is 0 Å². The van der Waals surface area contributed by atoms with E-state index >= 15 is 0 Å². The van der Waals surface area contributed by atoms with Crippen molar-refractivity contribution >= 4 is 5.97 Å². The molecule has 0 amide bonds. The number of rotatable bonds is 4. The van der Waals surface area contributed by atoms with E-state index in [-0.39, 0.29) is 6.42 Å². The maximum absolute atomic E-state index is 10.7. The highest BCUT2D eigenvalue weighted by molar-refractivity contribution is 5.77. The largest absolute Gasteiger partial charge is 0.496 e. The van der Waals surface area contributed by atoms with Gasteiger partial charge in [0.15, 0.2) is 5.76 Å². The van der Waals surface area contributed by atoms with Gasteiger partial charge in [0, 0.05) is 11.1 Å². The molecule has 5 heteroatoms. The zero-order valence-corrected chi connectivity index (χ0v) is 9.21. The van der Waals surface area contributed by atoms with Crippen LogP contribution in [-0.2, 0) is 11.2 Å². The number of methoxy groups -OCH3 is 1. The second-order valence-corrected chi connectivity index (χ2v) is 3.43. The molecule has 1 aromatic heterocycles. The monoisotopic (exact) mass is 233 g/mol. The lowest BCUT2D eigenvalue weighted by Crippen LogP contribution is -2.00. The van der Waals surface area contributed by atoms with Gasteiger partial charge < -0.3 is 14.4 Å². The summed E-state index contributed by atoms with van der Waals surface area (Å²) in [5.74, 6) is 0.0160. The Morgan fingerprint density at radius 1 is 1.41 bits per heavy atom. The average molecular weight is 233 g/mol. The second kappa shape index (κ2) is 4.69. The minimum absolute atomic E-state index is 0.201. The number of carboxylic acid groups (broad SMARTS) is 1. The van der Waals surface area contributed by atoms with E-state index in [4.69, 9.17) is 14.4 Å².